The summed E-state index contributed by atoms with van der Waals surface area (Å²) in [7, 11) is 4.21. The van der Waals surface area contributed by atoms with Gasteiger partial charge in [0, 0.05) is 18.7 Å². The van der Waals surface area contributed by atoms with Crippen LogP contribution in [0.25, 0.3) is 0 Å². The fourth-order valence-electron chi connectivity index (χ4n) is 5.98. The SMILES string of the molecule is CCCCCC(C)(CCCCC)C1CCC(N(C)C(C)(C)CC(C)(C)OC)CC1. The van der Waals surface area contributed by atoms with Crippen molar-refractivity contribution in [3.05, 3.63) is 0 Å². The Balaban J connectivity index is 2.70. The van der Waals surface area contributed by atoms with Crippen molar-refractivity contribution >= 4 is 0 Å². The lowest BCUT2D eigenvalue weighted by atomic mass is 9.64. The summed E-state index contributed by atoms with van der Waals surface area (Å²) in [5.41, 5.74) is 0.677. The molecule has 0 aromatic rings. The Bertz CT molecular complexity index is 424. The van der Waals surface area contributed by atoms with E-state index in [1.807, 2.05) is 7.11 Å². The second kappa shape index (κ2) is 12.1. The number of unbranched alkanes of at least 4 members (excludes halogenated alkanes) is 4. The molecule has 0 saturated heterocycles. The zero-order valence-corrected chi connectivity index (χ0v) is 21.7. The average molecular weight is 410 g/mol. The van der Waals surface area contributed by atoms with E-state index in [4.69, 9.17) is 4.74 Å². The van der Waals surface area contributed by atoms with E-state index in [9.17, 15) is 0 Å². The van der Waals surface area contributed by atoms with Gasteiger partial charge in [0.25, 0.3) is 0 Å². The summed E-state index contributed by atoms with van der Waals surface area (Å²) >= 11 is 0. The van der Waals surface area contributed by atoms with Gasteiger partial charge in [-0.1, -0.05) is 59.3 Å². The van der Waals surface area contributed by atoms with Gasteiger partial charge in [0.05, 0.1) is 5.60 Å². The van der Waals surface area contributed by atoms with E-state index in [0.717, 1.165) is 18.4 Å². The Kier molecular flexibility index (Phi) is 11.2. The molecule has 0 aromatic heterocycles. The fourth-order valence-corrected chi connectivity index (χ4v) is 5.98. The van der Waals surface area contributed by atoms with Crippen molar-refractivity contribution in [1.82, 2.24) is 4.90 Å². The molecule has 0 heterocycles. The Morgan fingerprint density at radius 1 is 0.793 bits per heavy atom. The van der Waals surface area contributed by atoms with E-state index in [1.54, 1.807) is 0 Å². The molecule has 0 aliphatic heterocycles. The molecule has 2 nitrogen and oxygen atoms in total. The third-order valence-corrected chi connectivity index (χ3v) is 8.30. The van der Waals surface area contributed by atoms with Crippen LogP contribution >= 0.6 is 0 Å². The monoisotopic (exact) mass is 409 g/mol. The Hall–Kier alpha value is -0.0800. The van der Waals surface area contributed by atoms with Crippen LogP contribution in [0.2, 0.25) is 0 Å². The van der Waals surface area contributed by atoms with Crippen LogP contribution in [0.4, 0.5) is 0 Å². The van der Waals surface area contributed by atoms with E-state index in [0.29, 0.717) is 5.41 Å². The van der Waals surface area contributed by atoms with E-state index in [-0.39, 0.29) is 11.1 Å². The van der Waals surface area contributed by atoms with Crippen LogP contribution in [-0.2, 0) is 4.74 Å². The lowest BCUT2D eigenvalue weighted by molar-refractivity contribution is -0.0430. The number of hydrogen-bond donors (Lipinski definition) is 0. The molecule has 0 aromatic carbocycles. The first kappa shape index (κ1) is 27.0. The van der Waals surface area contributed by atoms with Gasteiger partial charge in [-0.25, -0.2) is 0 Å². The summed E-state index contributed by atoms with van der Waals surface area (Å²) in [6.07, 6.45) is 17.9. The molecule has 1 rings (SSSR count). The molecule has 2 heteroatoms. The quantitative estimate of drug-likeness (QED) is 0.268. The summed E-state index contributed by atoms with van der Waals surface area (Å²) < 4.78 is 5.74. The molecule has 0 spiro atoms. The summed E-state index contributed by atoms with van der Waals surface area (Å²) in [5, 5.41) is 0. The molecule has 1 fully saturated rings. The number of hydrogen-bond acceptors (Lipinski definition) is 2. The molecule has 29 heavy (non-hydrogen) atoms. The highest BCUT2D eigenvalue weighted by Gasteiger charge is 2.40. The normalized spacial score (nSPS) is 21.7. The summed E-state index contributed by atoms with van der Waals surface area (Å²) in [6.45, 7) is 16.6. The molecule has 0 N–H and O–H groups in total. The topological polar surface area (TPSA) is 12.5 Å². The van der Waals surface area contributed by atoms with Crippen molar-refractivity contribution in [2.24, 2.45) is 11.3 Å². The predicted molar refractivity (Wildman–Crippen MR) is 130 cm³/mol. The smallest absolute Gasteiger partial charge is 0.0640 e. The standard InChI is InChI=1S/C27H55NO/c1-10-12-14-20-27(7,21-15-13-11-2)23-16-18-24(19-17-23)28(8)25(3,4)22-26(5,6)29-9/h23-24H,10-22H2,1-9H3. The molecule has 0 bridgehead atoms. The van der Waals surface area contributed by atoms with Gasteiger partial charge in [-0.2, -0.15) is 0 Å². The Morgan fingerprint density at radius 2 is 1.28 bits per heavy atom. The van der Waals surface area contributed by atoms with Crippen LogP contribution in [0.1, 0.15) is 132 Å². The van der Waals surface area contributed by atoms with Gasteiger partial charge in [0.2, 0.25) is 0 Å². The highest BCUT2D eigenvalue weighted by Crippen LogP contribution is 2.47. The van der Waals surface area contributed by atoms with Crippen molar-refractivity contribution in [1.29, 1.82) is 0 Å². The van der Waals surface area contributed by atoms with Gasteiger partial charge in [-0.15, -0.1) is 0 Å². The van der Waals surface area contributed by atoms with Crippen molar-refractivity contribution < 1.29 is 4.74 Å². The highest BCUT2D eigenvalue weighted by atomic mass is 16.5. The van der Waals surface area contributed by atoms with Gasteiger partial charge in [0.15, 0.2) is 0 Å². The second-order valence-electron chi connectivity index (χ2n) is 11.6. The number of nitrogens with zero attached hydrogens (tertiary/aromatic N) is 1. The molecular weight excluding hydrogens is 354 g/mol. The van der Waals surface area contributed by atoms with Gasteiger partial charge in [-0.05, 0) is 91.0 Å². The van der Waals surface area contributed by atoms with Gasteiger partial charge in [-0.3, -0.25) is 4.90 Å². The second-order valence-corrected chi connectivity index (χ2v) is 11.6. The molecule has 0 radical (unpaired) electrons. The van der Waals surface area contributed by atoms with Crippen molar-refractivity contribution in [2.45, 2.75) is 149 Å². The van der Waals surface area contributed by atoms with Crippen molar-refractivity contribution in [2.75, 3.05) is 14.2 Å². The number of rotatable bonds is 14. The van der Waals surface area contributed by atoms with E-state index in [1.165, 1.54) is 77.0 Å². The molecule has 0 amide bonds. The lowest BCUT2D eigenvalue weighted by Gasteiger charge is -2.49. The molecule has 0 atom stereocenters. The first-order chi connectivity index (χ1) is 13.5. The van der Waals surface area contributed by atoms with E-state index >= 15 is 0 Å². The van der Waals surface area contributed by atoms with Crippen LogP contribution in [0, 0.1) is 11.3 Å². The molecular formula is C27H55NO. The van der Waals surface area contributed by atoms with Gasteiger partial charge in [0.1, 0.15) is 0 Å². The minimum atomic E-state index is -0.0634. The molecule has 1 saturated carbocycles. The molecule has 0 unspecified atom stereocenters. The zero-order chi connectivity index (χ0) is 22.1. The molecule has 174 valence electrons. The maximum Gasteiger partial charge on any atom is 0.0640 e. The minimum absolute atomic E-state index is 0.0634. The van der Waals surface area contributed by atoms with Crippen LogP contribution in [-0.4, -0.2) is 36.2 Å². The third-order valence-electron chi connectivity index (χ3n) is 8.30. The van der Waals surface area contributed by atoms with Crippen LogP contribution < -0.4 is 0 Å². The number of ether oxygens (including phenoxy) is 1. The molecule has 1 aliphatic rings. The Labute approximate surface area is 184 Å². The van der Waals surface area contributed by atoms with E-state index < -0.39 is 0 Å². The van der Waals surface area contributed by atoms with Crippen molar-refractivity contribution in [3.8, 4) is 0 Å². The maximum absolute atomic E-state index is 5.74. The Morgan fingerprint density at radius 3 is 1.69 bits per heavy atom. The van der Waals surface area contributed by atoms with Gasteiger partial charge >= 0.3 is 0 Å². The summed E-state index contributed by atoms with van der Waals surface area (Å²) in [4.78, 5) is 2.68. The lowest BCUT2D eigenvalue weighted by Crippen LogP contribution is -2.52. The first-order valence-electron chi connectivity index (χ1n) is 12.8. The summed E-state index contributed by atoms with van der Waals surface area (Å²) in [5.74, 6) is 0.930. The highest BCUT2D eigenvalue weighted by molar-refractivity contribution is 4.94. The van der Waals surface area contributed by atoms with Crippen molar-refractivity contribution in [3.63, 3.8) is 0 Å². The van der Waals surface area contributed by atoms with Crippen LogP contribution in [0.3, 0.4) is 0 Å². The van der Waals surface area contributed by atoms with Crippen LogP contribution in [0.5, 0.6) is 0 Å². The minimum Gasteiger partial charge on any atom is -0.379 e. The van der Waals surface area contributed by atoms with E-state index in [2.05, 4.69) is 60.4 Å². The van der Waals surface area contributed by atoms with Gasteiger partial charge < -0.3 is 4.74 Å². The number of methoxy groups -OCH3 is 1. The predicted octanol–water partition coefficient (Wildman–Crippen LogP) is 8.24. The zero-order valence-electron chi connectivity index (χ0n) is 21.7. The fraction of sp³-hybridized carbons (Fsp3) is 1.00. The maximum atomic E-state index is 5.74. The van der Waals surface area contributed by atoms with Crippen LogP contribution in [0.15, 0.2) is 0 Å². The third kappa shape index (κ3) is 8.52. The summed E-state index contributed by atoms with van der Waals surface area (Å²) in [6, 6.07) is 0.726. The average Bonchev–Trinajstić information content (AvgIpc) is 2.67. The first-order valence-corrected chi connectivity index (χ1v) is 12.8. The largest absolute Gasteiger partial charge is 0.379 e. The molecule has 1 aliphatic carbocycles.